The maximum atomic E-state index is 12.9. The van der Waals surface area contributed by atoms with E-state index in [0.717, 1.165) is 27.7 Å². The highest BCUT2D eigenvalue weighted by Gasteiger charge is 2.21. The van der Waals surface area contributed by atoms with Crippen molar-refractivity contribution >= 4 is 16.8 Å². The molecule has 0 radical (unpaired) electrons. The van der Waals surface area contributed by atoms with Gasteiger partial charge in [0, 0.05) is 23.3 Å². The van der Waals surface area contributed by atoms with Gasteiger partial charge in [0.2, 0.25) is 5.91 Å². The number of carbonyl (C=O) groups is 1. The van der Waals surface area contributed by atoms with Gasteiger partial charge in [0.15, 0.2) is 5.82 Å². The molecule has 1 heterocycles. The lowest BCUT2D eigenvalue weighted by atomic mass is 9.99. The number of aliphatic hydroxyl groups excluding tert-OH is 1. The van der Waals surface area contributed by atoms with Gasteiger partial charge in [-0.25, -0.2) is 9.97 Å². The van der Waals surface area contributed by atoms with Gasteiger partial charge in [-0.1, -0.05) is 85.8 Å². The van der Waals surface area contributed by atoms with E-state index in [4.69, 9.17) is 9.97 Å². The lowest BCUT2D eigenvalue weighted by Crippen LogP contribution is -2.35. The van der Waals surface area contributed by atoms with Crippen LogP contribution in [0.5, 0.6) is 0 Å². The first-order chi connectivity index (χ1) is 15.2. The molecule has 2 unspecified atom stereocenters. The molecule has 0 bridgehead atoms. The third-order valence-corrected chi connectivity index (χ3v) is 5.36. The Hall–Kier alpha value is -3.57. The molecule has 5 heteroatoms. The summed E-state index contributed by atoms with van der Waals surface area (Å²) in [6, 6.07) is 26.8. The molecule has 4 rings (SSSR count). The van der Waals surface area contributed by atoms with Crippen molar-refractivity contribution in [2.24, 2.45) is 5.92 Å². The topological polar surface area (TPSA) is 75.1 Å². The molecule has 3 aromatic carbocycles. The Morgan fingerprint density at radius 3 is 2.26 bits per heavy atom. The molecule has 1 amide bonds. The van der Waals surface area contributed by atoms with E-state index in [1.54, 1.807) is 0 Å². The van der Waals surface area contributed by atoms with Crippen molar-refractivity contribution in [3.05, 3.63) is 96.2 Å². The zero-order valence-electron chi connectivity index (χ0n) is 17.4. The van der Waals surface area contributed by atoms with Gasteiger partial charge >= 0.3 is 0 Å². The number of carbonyl (C=O) groups excluding carboxylic acids is 1. The fourth-order valence-corrected chi connectivity index (χ4v) is 3.63. The Bertz CT molecular complexity index is 1160. The van der Waals surface area contributed by atoms with Crippen molar-refractivity contribution in [3.63, 3.8) is 0 Å². The molecular formula is C26H25N3O2. The van der Waals surface area contributed by atoms with Crippen molar-refractivity contribution in [1.82, 2.24) is 15.3 Å². The lowest BCUT2D eigenvalue weighted by molar-refractivity contribution is -0.125. The molecule has 2 atom stereocenters. The molecule has 2 N–H and O–H groups in total. The minimum Gasteiger partial charge on any atom is -0.394 e. The van der Waals surface area contributed by atoms with Crippen LogP contribution in [0.3, 0.4) is 0 Å². The van der Waals surface area contributed by atoms with Crippen molar-refractivity contribution < 1.29 is 9.90 Å². The largest absolute Gasteiger partial charge is 0.394 e. The molecule has 1 aromatic heterocycles. The lowest BCUT2D eigenvalue weighted by Gasteiger charge is -2.20. The first-order valence-electron chi connectivity index (χ1n) is 10.4. The summed E-state index contributed by atoms with van der Waals surface area (Å²) in [5.41, 5.74) is 3.52. The number of hydrogen-bond acceptors (Lipinski definition) is 4. The summed E-state index contributed by atoms with van der Waals surface area (Å²) in [7, 11) is 0. The van der Waals surface area contributed by atoms with Crippen LogP contribution in [0.15, 0.2) is 84.9 Å². The van der Waals surface area contributed by atoms with E-state index in [1.807, 2.05) is 91.9 Å². The molecule has 0 aliphatic rings. The predicted molar refractivity (Wildman–Crippen MR) is 122 cm³/mol. The molecule has 0 aliphatic heterocycles. The third kappa shape index (κ3) is 4.78. The SMILES string of the molecule is CC(Cc1nc(-c2ccccc2)nc2ccccc12)C(=O)NC(CO)c1ccccc1. The number of hydrogen-bond donors (Lipinski definition) is 2. The Morgan fingerprint density at radius 1 is 0.903 bits per heavy atom. The van der Waals surface area contributed by atoms with Gasteiger partial charge in [-0.3, -0.25) is 4.79 Å². The smallest absolute Gasteiger partial charge is 0.223 e. The van der Waals surface area contributed by atoms with Gasteiger partial charge in [0.1, 0.15) is 0 Å². The van der Waals surface area contributed by atoms with Gasteiger partial charge < -0.3 is 10.4 Å². The summed E-state index contributed by atoms with van der Waals surface area (Å²) < 4.78 is 0. The van der Waals surface area contributed by atoms with Crippen LogP contribution in [0.4, 0.5) is 0 Å². The molecule has 0 fully saturated rings. The Morgan fingerprint density at radius 2 is 1.55 bits per heavy atom. The highest BCUT2D eigenvalue weighted by atomic mass is 16.3. The summed E-state index contributed by atoms with van der Waals surface area (Å²) in [5, 5.41) is 13.7. The minimum absolute atomic E-state index is 0.119. The average molecular weight is 412 g/mol. The summed E-state index contributed by atoms with van der Waals surface area (Å²) in [6.45, 7) is 1.73. The molecule has 5 nitrogen and oxygen atoms in total. The van der Waals surface area contributed by atoms with Gasteiger partial charge in [-0.15, -0.1) is 0 Å². The minimum atomic E-state index is -0.432. The summed E-state index contributed by atoms with van der Waals surface area (Å²) in [5.74, 6) is 0.214. The number of rotatable bonds is 7. The van der Waals surface area contributed by atoms with Crippen LogP contribution >= 0.6 is 0 Å². The van der Waals surface area contributed by atoms with Gasteiger partial charge in [0.25, 0.3) is 0 Å². The van der Waals surface area contributed by atoms with Crippen LogP contribution in [-0.2, 0) is 11.2 Å². The number of aromatic nitrogens is 2. The number of aliphatic hydroxyl groups is 1. The van der Waals surface area contributed by atoms with Crippen LogP contribution < -0.4 is 5.32 Å². The van der Waals surface area contributed by atoms with E-state index in [9.17, 15) is 9.90 Å². The molecule has 31 heavy (non-hydrogen) atoms. The summed E-state index contributed by atoms with van der Waals surface area (Å²) in [6.07, 6.45) is 0.474. The van der Waals surface area contributed by atoms with E-state index in [1.165, 1.54) is 0 Å². The van der Waals surface area contributed by atoms with Crippen molar-refractivity contribution in [2.45, 2.75) is 19.4 Å². The van der Waals surface area contributed by atoms with Crippen LogP contribution in [0, 0.1) is 5.92 Å². The monoisotopic (exact) mass is 411 g/mol. The van der Waals surface area contributed by atoms with Gasteiger partial charge in [-0.2, -0.15) is 0 Å². The number of nitrogens with zero attached hydrogens (tertiary/aromatic N) is 2. The highest BCUT2D eigenvalue weighted by Crippen LogP contribution is 2.24. The van der Waals surface area contributed by atoms with Crippen LogP contribution in [0.1, 0.15) is 24.2 Å². The summed E-state index contributed by atoms with van der Waals surface area (Å²) >= 11 is 0. The molecular weight excluding hydrogens is 386 g/mol. The molecule has 0 saturated heterocycles. The number of amides is 1. The second kappa shape index (κ2) is 9.49. The molecule has 156 valence electrons. The first kappa shape index (κ1) is 20.7. The highest BCUT2D eigenvalue weighted by molar-refractivity contribution is 5.84. The van der Waals surface area contributed by atoms with Crippen LogP contribution in [-0.4, -0.2) is 27.6 Å². The fourth-order valence-electron chi connectivity index (χ4n) is 3.63. The predicted octanol–water partition coefficient (Wildman–Crippen LogP) is 4.33. The standard InChI is InChI=1S/C26H25N3O2/c1-18(26(31)29-24(17-30)19-10-4-2-5-11-19)16-23-21-14-8-9-15-22(21)27-25(28-23)20-12-6-3-7-13-20/h2-15,18,24,30H,16-17H2,1H3,(H,29,31). The fraction of sp³-hybridized carbons (Fsp3) is 0.192. The molecule has 0 spiro atoms. The van der Waals surface area contributed by atoms with E-state index < -0.39 is 6.04 Å². The Kier molecular flexibility index (Phi) is 6.34. The summed E-state index contributed by atoms with van der Waals surface area (Å²) in [4.78, 5) is 22.4. The van der Waals surface area contributed by atoms with Crippen molar-refractivity contribution in [2.75, 3.05) is 6.61 Å². The first-order valence-corrected chi connectivity index (χ1v) is 10.4. The average Bonchev–Trinajstić information content (AvgIpc) is 2.83. The van der Waals surface area contributed by atoms with E-state index >= 15 is 0 Å². The molecule has 0 aliphatic carbocycles. The maximum absolute atomic E-state index is 12.9. The Balaban J connectivity index is 1.59. The van der Waals surface area contributed by atoms with Gasteiger partial charge in [0.05, 0.1) is 23.9 Å². The maximum Gasteiger partial charge on any atom is 0.223 e. The third-order valence-electron chi connectivity index (χ3n) is 5.36. The van der Waals surface area contributed by atoms with E-state index in [0.29, 0.717) is 12.2 Å². The van der Waals surface area contributed by atoms with Crippen molar-refractivity contribution in [1.29, 1.82) is 0 Å². The van der Waals surface area contributed by atoms with Crippen molar-refractivity contribution in [3.8, 4) is 11.4 Å². The Labute approximate surface area is 181 Å². The number of nitrogens with one attached hydrogen (secondary N) is 1. The molecule has 4 aromatic rings. The van der Waals surface area contributed by atoms with Gasteiger partial charge in [-0.05, 0) is 11.6 Å². The quantitative estimate of drug-likeness (QED) is 0.475. The second-order valence-electron chi connectivity index (χ2n) is 7.64. The van der Waals surface area contributed by atoms with Crippen LogP contribution in [0.2, 0.25) is 0 Å². The zero-order chi connectivity index (χ0) is 21.6. The van der Waals surface area contributed by atoms with E-state index in [-0.39, 0.29) is 18.4 Å². The van der Waals surface area contributed by atoms with Crippen LogP contribution in [0.25, 0.3) is 22.3 Å². The second-order valence-corrected chi connectivity index (χ2v) is 7.64. The van der Waals surface area contributed by atoms with E-state index in [2.05, 4.69) is 5.32 Å². The molecule has 0 saturated carbocycles. The zero-order valence-corrected chi connectivity index (χ0v) is 17.4. The number of benzene rings is 3. The normalized spacial score (nSPS) is 13.0. The number of fused-ring (bicyclic) bond motifs is 1. The number of para-hydroxylation sites is 1.